The second-order valence-corrected chi connectivity index (χ2v) is 7.50. The van der Waals surface area contributed by atoms with Gasteiger partial charge in [-0.05, 0) is 30.5 Å². The smallest absolute Gasteiger partial charge is 0.230 e. The van der Waals surface area contributed by atoms with Crippen molar-refractivity contribution in [3.8, 4) is 11.5 Å². The third-order valence-corrected chi connectivity index (χ3v) is 5.60. The molecule has 29 heavy (non-hydrogen) atoms. The first-order chi connectivity index (χ1) is 14.1. The number of aromatic nitrogens is 3. The molecule has 2 atom stereocenters. The molecule has 1 aliphatic rings. The van der Waals surface area contributed by atoms with Crippen LogP contribution in [-0.2, 0) is 4.79 Å². The van der Waals surface area contributed by atoms with E-state index in [2.05, 4.69) is 15.1 Å². The quantitative estimate of drug-likeness (QED) is 0.717. The molecule has 1 saturated heterocycles. The van der Waals surface area contributed by atoms with Gasteiger partial charge in [0.2, 0.25) is 17.6 Å². The molecule has 2 N–H and O–H groups in total. The molecule has 7 nitrogen and oxygen atoms in total. The maximum atomic E-state index is 12.9. The number of nitrogens with two attached hydrogens (primary N) is 1. The second-order valence-electron chi connectivity index (χ2n) is 7.50. The Morgan fingerprint density at radius 2 is 1.86 bits per heavy atom. The van der Waals surface area contributed by atoms with E-state index in [1.165, 1.54) is 0 Å². The number of carbonyl (C=O) groups is 1. The van der Waals surface area contributed by atoms with Gasteiger partial charge in [0.1, 0.15) is 5.69 Å². The van der Waals surface area contributed by atoms with E-state index in [-0.39, 0.29) is 23.8 Å². The highest BCUT2D eigenvalue weighted by atomic mass is 16.5. The Bertz CT molecular complexity index is 936. The van der Waals surface area contributed by atoms with Crippen LogP contribution in [0.3, 0.4) is 0 Å². The fraction of sp³-hybridized carbons (Fsp3) is 0.364. The van der Waals surface area contributed by atoms with Crippen molar-refractivity contribution in [2.24, 2.45) is 11.7 Å². The van der Waals surface area contributed by atoms with Crippen LogP contribution in [0.25, 0.3) is 11.5 Å². The summed E-state index contributed by atoms with van der Waals surface area (Å²) >= 11 is 0. The average Bonchev–Trinajstić information content (AvgIpc) is 3.29. The van der Waals surface area contributed by atoms with E-state index in [4.69, 9.17) is 10.3 Å². The number of carbonyl (C=O) groups excluding carboxylic acids is 1. The number of piperidine rings is 1. The molecule has 150 valence electrons. The van der Waals surface area contributed by atoms with Crippen molar-refractivity contribution in [3.63, 3.8) is 0 Å². The molecule has 1 amide bonds. The molecule has 3 heterocycles. The van der Waals surface area contributed by atoms with Gasteiger partial charge in [0.25, 0.3) is 0 Å². The van der Waals surface area contributed by atoms with Crippen LogP contribution in [0.4, 0.5) is 0 Å². The molecule has 1 aromatic carbocycles. The number of hydrogen-bond donors (Lipinski definition) is 1. The van der Waals surface area contributed by atoms with Gasteiger partial charge in [-0.3, -0.25) is 9.78 Å². The Labute approximate surface area is 169 Å². The maximum absolute atomic E-state index is 12.9. The first-order valence-corrected chi connectivity index (χ1v) is 9.98. The highest BCUT2D eigenvalue weighted by molar-refractivity contribution is 5.79. The van der Waals surface area contributed by atoms with E-state index in [1.54, 1.807) is 6.20 Å². The van der Waals surface area contributed by atoms with Gasteiger partial charge in [0.05, 0.1) is 5.92 Å². The van der Waals surface area contributed by atoms with Crippen LogP contribution in [0.5, 0.6) is 0 Å². The number of benzene rings is 1. The van der Waals surface area contributed by atoms with Crippen molar-refractivity contribution in [3.05, 3.63) is 66.2 Å². The Morgan fingerprint density at radius 3 is 2.55 bits per heavy atom. The Balaban J connectivity index is 1.36. The summed E-state index contributed by atoms with van der Waals surface area (Å²) in [7, 11) is 0. The van der Waals surface area contributed by atoms with Crippen LogP contribution in [0.2, 0.25) is 0 Å². The molecule has 0 radical (unpaired) electrons. The van der Waals surface area contributed by atoms with Crippen LogP contribution in [0.1, 0.15) is 43.2 Å². The SMILES string of the molecule is CC(C(=O)N1CCC(c2nc(-c3ccccn3)no2)CC1)C(N)c1ccccc1. The van der Waals surface area contributed by atoms with Crippen molar-refractivity contribution in [1.29, 1.82) is 0 Å². The van der Waals surface area contributed by atoms with Crippen molar-refractivity contribution in [2.45, 2.75) is 31.7 Å². The van der Waals surface area contributed by atoms with Crippen LogP contribution in [-0.4, -0.2) is 39.0 Å². The van der Waals surface area contributed by atoms with Crippen molar-refractivity contribution in [1.82, 2.24) is 20.0 Å². The Kier molecular flexibility index (Phi) is 5.67. The number of pyridine rings is 1. The maximum Gasteiger partial charge on any atom is 0.230 e. The van der Waals surface area contributed by atoms with E-state index in [0.717, 1.165) is 18.4 Å². The van der Waals surface area contributed by atoms with Gasteiger partial charge in [0.15, 0.2) is 0 Å². The van der Waals surface area contributed by atoms with Gasteiger partial charge in [-0.2, -0.15) is 4.98 Å². The lowest BCUT2D eigenvalue weighted by atomic mass is 9.91. The van der Waals surface area contributed by atoms with Crippen LogP contribution < -0.4 is 5.73 Å². The van der Waals surface area contributed by atoms with Gasteiger partial charge in [-0.15, -0.1) is 0 Å². The van der Waals surface area contributed by atoms with Gasteiger partial charge >= 0.3 is 0 Å². The molecule has 1 aliphatic heterocycles. The van der Waals surface area contributed by atoms with Crippen LogP contribution in [0.15, 0.2) is 59.3 Å². The molecule has 4 rings (SSSR count). The zero-order valence-electron chi connectivity index (χ0n) is 16.4. The largest absolute Gasteiger partial charge is 0.342 e. The zero-order valence-corrected chi connectivity index (χ0v) is 16.4. The summed E-state index contributed by atoms with van der Waals surface area (Å²) in [5.74, 6) is 1.10. The van der Waals surface area contributed by atoms with Crippen LogP contribution >= 0.6 is 0 Å². The minimum Gasteiger partial charge on any atom is -0.342 e. The standard InChI is InChI=1S/C22H25N5O2/c1-15(19(23)16-7-3-2-4-8-16)22(28)27-13-10-17(11-14-27)21-25-20(26-29-21)18-9-5-6-12-24-18/h2-9,12,15,17,19H,10-11,13-14,23H2,1H3. The molecular weight excluding hydrogens is 366 g/mol. The normalized spacial score (nSPS) is 17.1. The minimum absolute atomic E-state index is 0.0968. The summed E-state index contributed by atoms with van der Waals surface area (Å²) in [4.78, 5) is 23.6. The van der Waals surface area contributed by atoms with E-state index in [9.17, 15) is 4.79 Å². The number of nitrogens with zero attached hydrogens (tertiary/aromatic N) is 4. The summed E-state index contributed by atoms with van der Waals surface area (Å²) < 4.78 is 5.47. The first kappa shape index (κ1) is 19.3. The van der Waals surface area contributed by atoms with Gasteiger partial charge in [-0.1, -0.05) is 48.5 Å². The van der Waals surface area contributed by atoms with E-state index < -0.39 is 0 Å². The lowest BCUT2D eigenvalue weighted by molar-refractivity contribution is -0.136. The van der Waals surface area contributed by atoms with Crippen LogP contribution in [0, 0.1) is 5.92 Å². The molecule has 3 aromatic rings. The topological polar surface area (TPSA) is 98.1 Å². The molecular formula is C22H25N5O2. The number of rotatable bonds is 5. The summed E-state index contributed by atoms with van der Waals surface area (Å²) in [6.07, 6.45) is 3.29. The van der Waals surface area contributed by atoms with Gasteiger partial charge in [-0.25, -0.2) is 0 Å². The van der Waals surface area contributed by atoms with E-state index in [0.29, 0.717) is 30.5 Å². The number of amides is 1. The monoisotopic (exact) mass is 391 g/mol. The molecule has 0 saturated carbocycles. The zero-order chi connectivity index (χ0) is 20.2. The Morgan fingerprint density at radius 1 is 1.14 bits per heavy atom. The first-order valence-electron chi connectivity index (χ1n) is 9.98. The van der Waals surface area contributed by atoms with Crippen molar-refractivity contribution < 1.29 is 9.32 Å². The van der Waals surface area contributed by atoms with Crippen molar-refractivity contribution >= 4 is 5.91 Å². The molecule has 1 fully saturated rings. The summed E-state index contributed by atoms with van der Waals surface area (Å²) in [6, 6.07) is 15.1. The number of hydrogen-bond acceptors (Lipinski definition) is 6. The molecule has 0 bridgehead atoms. The molecule has 0 aliphatic carbocycles. The summed E-state index contributed by atoms with van der Waals surface area (Å²) in [5, 5.41) is 4.06. The molecule has 2 aromatic heterocycles. The van der Waals surface area contributed by atoms with E-state index >= 15 is 0 Å². The van der Waals surface area contributed by atoms with Crippen molar-refractivity contribution in [2.75, 3.05) is 13.1 Å². The summed E-state index contributed by atoms with van der Waals surface area (Å²) in [5.41, 5.74) is 8.01. The third-order valence-electron chi connectivity index (χ3n) is 5.60. The average molecular weight is 391 g/mol. The third kappa shape index (κ3) is 4.19. The lowest BCUT2D eigenvalue weighted by Crippen LogP contribution is -2.43. The predicted molar refractivity (Wildman–Crippen MR) is 109 cm³/mol. The Hall–Kier alpha value is -3.06. The lowest BCUT2D eigenvalue weighted by Gasteiger charge is -2.33. The molecule has 0 spiro atoms. The van der Waals surface area contributed by atoms with E-state index in [1.807, 2.05) is 60.4 Å². The number of likely N-dealkylation sites (tertiary alicyclic amines) is 1. The molecule has 7 heteroatoms. The predicted octanol–water partition coefficient (Wildman–Crippen LogP) is 3.17. The molecule has 2 unspecified atom stereocenters. The van der Waals surface area contributed by atoms with Gasteiger partial charge in [0, 0.05) is 31.2 Å². The van der Waals surface area contributed by atoms with Gasteiger partial charge < -0.3 is 15.2 Å². The minimum atomic E-state index is -0.307. The fourth-order valence-electron chi connectivity index (χ4n) is 3.75. The highest BCUT2D eigenvalue weighted by Gasteiger charge is 2.32. The fourth-order valence-corrected chi connectivity index (χ4v) is 3.75. The highest BCUT2D eigenvalue weighted by Crippen LogP contribution is 2.30. The second kappa shape index (κ2) is 8.53. The summed E-state index contributed by atoms with van der Waals surface area (Å²) in [6.45, 7) is 3.23.